The number of halogens is 4. The van der Waals surface area contributed by atoms with E-state index in [2.05, 4.69) is 5.32 Å². The zero-order valence-electron chi connectivity index (χ0n) is 11.6. The average molecular weight is 331 g/mol. The molecule has 0 fully saturated rings. The van der Waals surface area contributed by atoms with E-state index < -0.39 is 16.8 Å². The molecule has 0 radical (unpaired) electrons. The van der Waals surface area contributed by atoms with Crippen LogP contribution in [0.25, 0.3) is 0 Å². The summed E-state index contributed by atoms with van der Waals surface area (Å²) in [5.74, 6) is 0. The highest BCUT2D eigenvalue weighted by Crippen LogP contribution is 2.29. The van der Waals surface area contributed by atoms with E-state index in [9.17, 15) is 13.2 Å². The highest BCUT2D eigenvalue weighted by atomic mass is 35.5. The Morgan fingerprint density at radius 3 is 2.38 bits per heavy atom. The smallest absolute Gasteiger partial charge is 0.328 e. The molecule has 0 aliphatic heterocycles. The summed E-state index contributed by atoms with van der Waals surface area (Å²) < 4.78 is 37.3. The average Bonchev–Trinajstić information content (AvgIpc) is 2.27. The minimum Gasteiger partial charge on any atom is -0.328 e. The molecule has 0 amide bonds. The van der Waals surface area contributed by atoms with Crippen molar-refractivity contribution < 1.29 is 23.5 Å². The van der Waals surface area contributed by atoms with Crippen LogP contribution in [0.4, 0.5) is 13.2 Å². The summed E-state index contributed by atoms with van der Waals surface area (Å²) in [6, 6.07) is 5.68. The van der Waals surface area contributed by atoms with Crippen molar-refractivity contribution in [3.8, 4) is 0 Å². The van der Waals surface area contributed by atoms with Crippen LogP contribution >= 0.6 is 12.4 Å². The third-order valence-electron chi connectivity index (χ3n) is 2.35. The Balaban J connectivity index is 0. The third kappa shape index (κ3) is 10.9. The lowest BCUT2D eigenvalue weighted by molar-refractivity contribution is -0.742. The van der Waals surface area contributed by atoms with Gasteiger partial charge in [0.1, 0.15) is 0 Å². The first-order chi connectivity index (χ1) is 9.16. The van der Waals surface area contributed by atoms with E-state index in [1.807, 2.05) is 13.8 Å². The normalized spacial score (nSPS) is 11.7. The Morgan fingerprint density at radius 2 is 1.95 bits per heavy atom. The van der Waals surface area contributed by atoms with E-state index in [-0.39, 0.29) is 18.4 Å². The lowest BCUT2D eigenvalue weighted by Crippen LogP contribution is -2.27. The van der Waals surface area contributed by atoms with Crippen LogP contribution in [-0.4, -0.2) is 22.9 Å². The van der Waals surface area contributed by atoms with Gasteiger partial charge >= 0.3 is 6.18 Å². The van der Waals surface area contributed by atoms with Crippen LogP contribution in [0.15, 0.2) is 24.3 Å². The van der Waals surface area contributed by atoms with E-state index in [1.54, 1.807) is 6.07 Å². The molecule has 0 saturated carbocycles. The SMILES string of the molecule is CCNC(C)Cc1cccc(C(F)(F)F)c1.Cl.O=[N+]([O-])O. The second-order valence-corrected chi connectivity index (χ2v) is 4.10. The summed E-state index contributed by atoms with van der Waals surface area (Å²) in [4.78, 5) is 8.36. The third-order valence-corrected chi connectivity index (χ3v) is 2.35. The Morgan fingerprint density at radius 1 is 1.43 bits per heavy atom. The predicted molar refractivity (Wildman–Crippen MR) is 74.3 cm³/mol. The van der Waals surface area contributed by atoms with Crippen LogP contribution in [0.3, 0.4) is 0 Å². The molecule has 0 aromatic heterocycles. The number of nitrogens with one attached hydrogen (secondary N) is 1. The molecule has 0 heterocycles. The summed E-state index contributed by atoms with van der Waals surface area (Å²) in [6.07, 6.45) is -3.64. The molecule has 5 nitrogen and oxygen atoms in total. The van der Waals surface area contributed by atoms with Gasteiger partial charge in [-0.1, -0.05) is 25.1 Å². The van der Waals surface area contributed by atoms with Crippen molar-refractivity contribution in [1.82, 2.24) is 5.32 Å². The second-order valence-electron chi connectivity index (χ2n) is 4.10. The molecule has 1 aromatic carbocycles. The first kappa shape index (κ1) is 21.8. The summed E-state index contributed by atoms with van der Waals surface area (Å²) in [7, 11) is 0. The molecule has 0 saturated heterocycles. The molecule has 0 bridgehead atoms. The van der Waals surface area contributed by atoms with Gasteiger partial charge in [-0.25, -0.2) is 0 Å². The van der Waals surface area contributed by atoms with Gasteiger partial charge in [0, 0.05) is 6.04 Å². The van der Waals surface area contributed by atoms with Crippen LogP contribution in [0, 0.1) is 10.1 Å². The summed E-state index contributed by atoms with van der Waals surface area (Å²) in [5.41, 5.74) is 0.136. The van der Waals surface area contributed by atoms with Crippen molar-refractivity contribution in [2.24, 2.45) is 0 Å². The zero-order chi connectivity index (χ0) is 15.8. The van der Waals surface area contributed by atoms with Gasteiger partial charge in [-0.15, -0.1) is 22.5 Å². The van der Waals surface area contributed by atoms with Crippen LogP contribution < -0.4 is 5.32 Å². The molecule has 21 heavy (non-hydrogen) atoms. The van der Waals surface area contributed by atoms with Crippen molar-refractivity contribution in [2.75, 3.05) is 6.54 Å². The molecule has 1 rings (SSSR count). The summed E-state index contributed by atoms with van der Waals surface area (Å²) >= 11 is 0. The maximum absolute atomic E-state index is 12.4. The van der Waals surface area contributed by atoms with E-state index >= 15 is 0 Å². The number of likely N-dealkylation sites (N-methyl/N-ethyl adjacent to an activating group) is 1. The Kier molecular flexibility index (Phi) is 10.6. The highest BCUT2D eigenvalue weighted by Gasteiger charge is 2.30. The summed E-state index contributed by atoms with van der Waals surface area (Å²) in [5, 5.41) is 16.8. The van der Waals surface area contributed by atoms with Crippen molar-refractivity contribution in [1.29, 1.82) is 0 Å². The van der Waals surface area contributed by atoms with E-state index in [1.165, 1.54) is 12.1 Å². The monoisotopic (exact) mass is 330 g/mol. The molecule has 122 valence electrons. The Labute approximate surface area is 126 Å². The minimum absolute atomic E-state index is 0. The highest BCUT2D eigenvalue weighted by molar-refractivity contribution is 5.85. The Hall–Kier alpha value is -1.54. The lowest BCUT2D eigenvalue weighted by Gasteiger charge is -2.13. The largest absolute Gasteiger partial charge is 0.416 e. The number of rotatable bonds is 4. The molecular weight excluding hydrogens is 313 g/mol. The van der Waals surface area contributed by atoms with Gasteiger partial charge in [0.2, 0.25) is 0 Å². The van der Waals surface area contributed by atoms with Crippen molar-refractivity contribution in [3.05, 3.63) is 45.5 Å². The molecule has 0 aliphatic carbocycles. The van der Waals surface area contributed by atoms with E-state index in [0.29, 0.717) is 12.0 Å². The van der Waals surface area contributed by atoms with Gasteiger partial charge < -0.3 is 10.5 Å². The van der Waals surface area contributed by atoms with Crippen LogP contribution in [0.2, 0.25) is 0 Å². The molecule has 1 atom stereocenters. The van der Waals surface area contributed by atoms with Gasteiger partial charge in [0.05, 0.1) is 5.56 Å². The van der Waals surface area contributed by atoms with Gasteiger partial charge in [-0.05, 0) is 31.5 Å². The van der Waals surface area contributed by atoms with Crippen LogP contribution in [0.5, 0.6) is 0 Å². The van der Waals surface area contributed by atoms with Crippen LogP contribution in [0.1, 0.15) is 25.0 Å². The molecule has 1 unspecified atom stereocenters. The number of benzene rings is 1. The van der Waals surface area contributed by atoms with E-state index in [0.717, 1.165) is 12.6 Å². The van der Waals surface area contributed by atoms with Crippen molar-refractivity contribution >= 4 is 12.4 Å². The van der Waals surface area contributed by atoms with Crippen molar-refractivity contribution in [3.63, 3.8) is 0 Å². The minimum atomic E-state index is -4.25. The standard InChI is InChI=1S/C12H16F3N.ClH.HNO3/c1-3-16-9(2)7-10-5-4-6-11(8-10)12(13,14)15;;2-1(3)4/h4-6,8-9,16H,3,7H2,1-2H3;1H;(H,2,3,4). The lowest BCUT2D eigenvalue weighted by atomic mass is 10.0. The fraction of sp³-hybridized carbons (Fsp3) is 0.500. The van der Waals surface area contributed by atoms with Gasteiger partial charge in [0.15, 0.2) is 0 Å². The summed E-state index contributed by atoms with van der Waals surface area (Å²) in [6.45, 7) is 4.76. The van der Waals surface area contributed by atoms with Gasteiger partial charge in [-0.2, -0.15) is 13.2 Å². The van der Waals surface area contributed by atoms with Gasteiger partial charge in [-0.3, -0.25) is 0 Å². The predicted octanol–water partition coefficient (Wildman–Crippen LogP) is 3.32. The number of hydrogen-bond acceptors (Lipinski definition) is 3. The Bertz CT molecular complexity index is 426. The molecule has 0 spiro atoms. The maximum Gasteiger partial charge on any atom is 0.416 e. The number of hydrogen-bond donors (Lipinski definition) is 2. The van der Waals surface area contributed by atoms with Gasteiger partial charge in [0.25, 0.3) is 5.09 Å². The second kappa shape index (κ2) is 10.2. The molecule has 2 N–H and O–H groups in total. The van der Waals surface area contributed by atoms with Crippen LogP contribution in [-0.2, 0) is 12.6 Å². The quantitative estimate of drug-likeness (QED) is 0.656. The zero-order valence-corrected chi connectivity index (χ0v) is 12.4. The number of alkyl halides is 3. The van der Waals surface area contributed by atoms with Crippen molar-refractivity contribution in [2.45, 2.75) is 32.5 Å². The maximum atomic E-state index is 12.4. The molecule has 1 aromatic rings. The topological polar surface area (TPSA) is 75.4 Å². The first-order valence-corrected chi connectivity index (χ1v) is 5.89. The molecular formula is C12H18ClF3N2O3. The molecule has 0 aliphatic rings. The number of nitrogens with zero attached hydrogens (tertiary/aromatic N) is 1. The fourth-order valence-corrected chi connectivity index (χ4v) is 1.65. The fourth-order valence-electron chi connectivity index (χ4n) is 1.65. The van der Waals surface area contributed by atoms with E-state index in [4.69, 9.17) is 15.3 Å². The molecule has 9 heteroatoms. The first-order valence-electron chi connectivity index (χ1n) is 5.89.